The number of halogens is 2. The van der Waals surface area contributed by atoms with Crippen LogP contribution in [0.4, 0.5) is 4.39 Å². The first-order valence-electron chi connectivity index (χ1n) is 9.25. The number of carbonyl (C=O) groups excluding carboxylic acids is 1. The summed E-state index contributed by atoms with van der Waals surface area (Å²) in [4.78, 5) is 21.3. The van der Waals surface area contributed by atoms with E-state index >= 15 is 0 Å². The maximum absolute atomic E-state index is 13.7. The van der Waals surface area contributed by atoms with Crippen LogP contribution < -0.4 is 10.1 Å². The molecule has 0 saturated carbocycles. The maximum Gasteiger partial charge on any atom is 0.270 e. The number of nitrogens with zero attached hydrogens (tertiary/aromatic N) is 3. The highest BCUT2D eigenvalue weighted by atomic mass is 35.5. The van der Waals surface area contributed by atoms with Crippen molar-refractivity contribution in [3.63, 3.8) is 0 Å². The highest BCUT2D eigenvalue weighted by Crippen LogP contribution is 2.39. The Kier molecular flexibility index (Phi) is 7.06. The van der Waals surface area contributed by atoms with Crippen molar-refractivity contribution in [3.05, 3.63) is 41.0 Å². The summed E-state index contributed by atoms with van der Waals surface area (Å²) in [6.45, 7) is 4.27. The van der Waals surface area contributed by atoms with Crippen LogP contribution in [0.25, 0.3) is 22.0 Å². The maximum atomic E-state index is 13.7. The number of nitrogens with one attached hydrogen (secondary N) is 1. The Hall–Kier alpha value is -2.49. The van der Waals surface area contributed by atoms with Crippen LogP contribution in [0, 0.1) is 5.82 Å². The van der Waals surface area contributed by atoms with Crippen LogP contribution in [0.3, 0.4) is 0 Å². The van der Waals surface area contributed by atoms with Gasteiger partial charge in [-0.1, -0.05) is 0 Å². The number of methoxy groups -OCH3 is 1. The molecule has 0 aliphatic heterocycles. The molecule has 0 bridgehead atoms. The molecule has 160 valence electrons. The minimum absolute atomic E-state index is 0.00659. The van der Waals surface area contributed by atoms with Crippen molar-refractivity contribution < 1.29 is 18.3 Å². The largest absolute Gasteiger partial charge is 0.496 e. The number of carbonyl (C=O) groups is 1. The SMILES string of the molecule is COc1cc(F)ccc1-c1oc(CCN(C)Cl)nc1-c1nc(C(=O)NC(C)C)cs1. The van der Waals surface area contributed by atoms with E-state index in [1.54, 1.807) is 18.5 Å². The van der Waals surface area contributed by atoms with E-state index in [0.29, 0.717) is 52.3 Å². The molecule has 0 saturated heterocycles. The van der Waals surface area contributed by atoms with Crippen LogP contribution >= 0.6 is 23.1 Å². The zero-order chi connectivity index (χ0) is 21.8. The minimum atomic E-state index is -0.428. The van der Waals surface area contributed by atoms with Crippen molar-refractivity contribution in [2.75, 3.05) is 20.7 Å². The van der Waals surface area contributed by atoms with Gasteiger partial charge in [-0.15, -0.1) is 11.3 Å². The van der Waals surface area contributed by atoms with Gasteiger partial charge in [0.05, 0.1) is 12.7 Å². The molecule has 0 aliphatic carbocycles. The molecule has 2 heterocycles. The first-order chi connectivity index (χ1) is 14.3. The zero-order valence-corrected chi connectivity index (χ0v) is 18.6. The molecule has 1 N–H and O–H groups in total. The van der Waals surface area contributed by atoms with Gasteiger partial charge >= 0.3 is 0 Å². The summed E-state index contributed by atoms with van der Waals surface area (Å²) in [5.74, 6) is 0.456. The molecule has 0 spiro atoms. The fraction of sp³-hybridized carbons (Fsp3) is 0.350. The topological polar surface area (TPSA) is 80.5 Å². The van der Waals surface area contributed by atoms with E-state index in [4.69, 9.17) is 20.9 Å². The summed E-state index contributed by atoms with van der Waals surface area (Å²) in [5, 5.41) is 4.99. The van der Waals surface area contributed by atoms with Crippen LogP contribution in [0.2, 0.25) is 0 Å². The first-order valence-corrected chi connectivity index (χ1v) is 10.5. The molecule has 3 aromatic rings. The smallest absolute Gasteiger partial charge is 0.270 e. The highest BCUT2D eigenvalue weighted by molar-refractivity contribution is 7.13. The second-order valence-corrected chi connectivity index (χ2v) is 8.31. The zero-order valence-electron chi connectivity index (χ0n) is 17.0. The highest BCUT2D eigenvalue weighted by Gasteiger charge is 2.24. The van der Waals surface area contributed by atoms with Gasteiger partial charge in [-0.3, -0.25) is 4.79 Å². The lowest BCUT2D eigenvalue weighted by molar-refractivity contribution is 0.0939. The van der Waals surface area contributed by atoms with E-state index in [1.807, 2.05) is 13.8 Å². The van der Waals surface area contributed by atoms with E-state index in [9.17, 15) is 9.18 Å². The van der Waals surface area contributed by atoms with Crippen molar-refractivity contribution in [3.8, 4) is 27.8 Å². The van der Waals surface area contributed by atoms with Crippen molar-refractivity contribution >= 4 is 29.0 Å². The molecule has 0 aliphatic rings. The van der Waals surface area contributed by atoms with E-state index < -0.39 is 5.82 Å². The number of thiazole rings is 1. The number of ether oxygens (including phenoxy) is 1. The Morgan fingerprint density at radius 2 is 2.17 bits per heavy atom. The van der Waals surface area contributed by atoms with Crippen molar-refractivity contribution in [2.45, 2.75) is 26.3 Å². The van der Waals surface area contributed by atoms with E-state index in [1.165, 1.54) is 35.0 Å². The van der Waals surface area contributed by atoms with Crippen LogP contribution in [0.15, 0.2) is 28.0 Å². The van der Waals surface area contributed by atoms with Crippen LogP contribution in [0.1, 0.15) is 30.2 Å². The average molecular weight is 453 g/mol. The molecule has 1 aromatic carbocycles. The quantitative estimate of drug-likeness (QED) is 0.511. The van der Waals surface area contributed by atoms with Gasteiger partial charge in [0.25, 0.3) is 5.91 Å². The second-order valence-electron chi connectivity index (χ2n) is 6.87. The third-order valence-electron chi connectivity index (χ3n) is 4.07. The monoisotopic (exact) mass is 452 g/mol. The van der Waals surface area contributed by atoms with E-state index in [0.717, 1.165) is 0 Å². The number of hydrogen-bond acceptors (Lipinski definition) is 7. The summed E-state index contributed by atoms with van der Waals surface area (Å²) < 4.78 is 26.5. The molecule has 1 amide bonds. The molecule has 30 heavy (non-hydrogen) atoms. The third-order valence-corrected chi connectivity index (χ3v) is 5.09. The molecular weight excluding hydrogens is 431 g/mol. The first kappa shape index (κ1) is 22.2. The van der Waals surface area contributed by atoms with Crippen molar-refractivity contribution in [1.29, 1.82) is 0 Å². The number of amides is 1. The summed E-state index contributed by atoms with van der Waals surface area (Å²) in [5.41, 5.74) is 1.29. The van der Waals surface area contributed by atoms with Gasteiger partial charge in [-0.2, -0.15) is 0 Å². The third kappa shape index (κ3) is 5.16. The molecule has 7 nitrogen and oxygen atoms in total. The van der Waals surface area contributed by atoms with Crippen molar-refractivity contribution in [2.24, 2.45) is 0 Å². The van der Waals surface area contributed by atoms with Gasteiger partial charge < -0.3 is 14.5 Å². The summed E-state index contributed by atoms with van der Waals surface area (Å²) in [6.07, 6.45) is 0.461. The average Bonchev–Trinajstić information content (AvgIpc) is 3.32. The van der Waals surface area contributed by atoms with Crippen LogP contribution in [-0.2, 0) is 6.42 Å². The Balaban J connectivity index is 2.05. The molecule has 0 unspecified atom stereocenters. The molecule has 2 aromatic heterocycles. The van der Waals surface area contributed by atoms with Crippen molar-refractivity contribution in [1.82, 2.24) is 19.7 Å². The number of oxazole rings is 1. The summed E-state index contributed by atoms with van der Waals surface area (Å²) in [7, 11) is 3.19. The number of benzene rings is 1. The molecule has 3 rings (SSSR count). The summed E-state index contributed by atoms with van der Waals surface area (Å²) >= 11 is 7.18. The number of likely N-dealkylation sites (N-methyl/N-ethyl adjacent to an activating group) is 1. The molecule has 0 atom stereocenters. The van der Waals surface area contributed by atoms with Gasteiger partial charge in [0, 0.05) is 37.5 Å². The van der Waals surface area contributed by atoms with Crippen LogP contribution in [0.5, 0.6) is 5.75 Å². The van der Waals surface area contributed by atoms with E-state index in [-0.39, 0.29) is 11.9 Å². The predicted molar refractivity (Wildman–Crippen MR) is 114 cm³/mol. The number of rotatable bonds is 8. The normalized spacial score (nSPS) is 11.3. The lowest BCUT2D eigenvalue weighted by atomic mass is 10.1. The lowest BCUT2D eigenvalue weighted by Crippen LogP contribution is -2.30. The van der Waals surface area contributed by atoms with Crippen LogP contribution in [-0.4, -0.2) is 47.0 Å². The van der Waals surface area contributed by atoms with Gasteiger partial charge in [0.2, 0.25) is 0 Å². The second kappa shape index (κ2) is 9.55. The van der Waals surface area contributed by atoms with Gasteiger partial charge in [-0.05, 0) is 37.8 Å². The molecule has 0 radical (unpaired) electrons. The molecular formula is C20H22ClFN4O3S. The fourth-order valence-corrected chi connectivity index (χ4v) is 3.59. The molecule has 10 heteroatoms. The fourth-order valence-electron chi connectivity index (χ4n) is 2.72. The Labute approximate surface area is 183 Å². The van der Waals surface area contributed by atoms with E-state index in [2.05, 4.69) is 15.3 Å². The van der Waals surface area contributed by atoms with Gasteiger partial charge in [-0.25, -0.2) is 18.8 Å². The number of aromatic nitrogens is 2. The lowest BCUT2D eigenvalue weighted by Gasteiger charge is -2.07. The van der Waals surface area contributed by atoms with Gasteiger partial charge in [0.15, 0.2) is 11.7 Å². The Morgan fingerprint density at radius 1 is 1.40 bits per heavy atom. The Bertz CT molecular complexity index is 1030. The summed E-state index contributed by atoms with van der Waals surface area (Å²) in [6, 6.07) is 4.15. The Morgan fingerprint density at radius 3 is 2.83 bits per heavy atom. The standard InChI is InChI=1S/C20H22ClFN4O3S/c1-11(2)23-19(27)14-10-30-20(24-14)17-18(29-16(25-17)7-8-26(3)21)13-6-5-12(22)9-15(13)28-4/h5-6,9-11H,7-8H2,1-4H3,(H,23,27). The number of hydrogen-bond donors (Lipinski definition) is 1. The van der Waals surface area contributed by atoms with Gasteiger partial charge in [0.1, 0.15) is 28.0 Å². The minimum Gasteiger partial charge on any atom is -0.496 e. The predicted octanol–water partition coefficient (Wildman–Crippen LogP) is 4.38. The molecule has 0 fully saturated rings.